The fraction of sp³-hybridized carbons (Fsp3) is 0.364. The van der Waals surface area contributed by atoms with E-state index in [-0.39, 0.29) is 0 Å². The predicted octanol–water partition coefficient (Wildman–Crippen LogP) is 2.43. The van der Waals surface area contributed by atoms with Crippen molar-refractivity contribution in [2.45, 2.75) is 26.7 Å². The zero-order valence-electron chi connectivity index (χ0n) is 8.29. The van der Waals surface area contributed by atoms with Gasteiger partial charge in [0.15, 0.2) is 0 Å². The first-order chi connectivity index (χ1) is 6.24. The van der Waals surface area contributed by atoms with Crippen LogP contribution in [0.25, 0.3) is 0 Å². The number of hydrogen-bond donors (Lipinski definition) is 1. The first kappa shape index (κ1) is 11.7. The molecule has 1 aromatic rings. The number of aldehydes is 1. The molecule has 13 heavy (non-hydrogen) atoms. The van der Waals surface area contributed by atoms with E-state index in [4.69, 9.17) is 5.73 Å². The van der Waals surface area contributed by atoms with Crippen LogP contribution < -0.4 is 5.73 Å². The number of carbonyl (C=O) groups excluding carboxylic acids is 1. The van der Waals surface area contributed by atoms with E-state index < -0.39 is 0 Å². The van der Waals surface area contributed by atoms with Gasteiger partial charge in [0.1, 0.15) is 6.29 Å². The quantitative estimate of drug-likeness (QED) is 0.559. The van der Waals surface area contributed by atoms with Crippen molar-refractivity contribution in [3.05, 3.63) is 29.8 Å². The number of anilines is 1. The summed E-state index contributed by atoms with van der Waals surface area (Å²) in [5, 5.41) is 0. The molecule has 0 saturated heterocycles. The van der Waals surface area contributed by atoms with E-state index in [1.807, 2.05) is 12.1 Å². The van der Waals surface area contributed by atoms with E-state index in [1.54, 1.807) is 12.1 Å². The maximum atomic E-state index is 10.0. The second-order valence-electron chi connectivity index (χ2n) is 2.82. The van der Waals surface area contributed by atoms with Crippen LogP contribution in [0.4, 0.5) is 5.69 Å². The largest absolute Gasteiger partial charge is 0.399 e. The second-order valence-corrected chi connectivity index (χ2v) is 2.82. The summed E-state index contributed by atoms with van der Waals surface area (Å²) in [6.07, 6.45) is 2.60. The monoisotopic (exact) mass is 179 g/mol. The number of hydrogen-bond acceptors (Lipinski definition) is 2. The minimum absolute atomic E-state index is 0.472. The van der Waals surface area contributed by atoms with Gasteiger partial charge >= 0.3 is 0 Å². The van der Waals surface area contributed by atoms with Gasteiger partial charge in [0.25, 0.3) is 0 Å². The zero-order valence-corrected chi connectivity index (χ0v) is 8.29. The Balaban J connectivity index is 0.000000424. The lowest BCUT2D eigenvalue weighted by molar-refractivity contribution is -0.107. The van der Waals surface area contributed by atoms with Crippen LogP contribution in [0.3, 0.4) is 0 Å². The average Bonchev–Trinajstić information content (AvgIpc) is 2.11. The first-order valence-corrected chi connectivity index (χ1v) is 4.52. The molecule has 2 N–H and O–H groups in total. The second kappa shape index (κ2) is 7.35. The van der Waals surface area contributed by atoms with Gasteiger partial charge in [0.2, 0.25) is 0 Å². The molecule has 0 saturated carbocycles. The summed E-state index contributed by atoms with van der Waals surface area (Å²) < 4.78 is 0. The van der Waals surface area contributed by atoms with Gasteiger partial charge < -0.3 is 10.5 Å². The predicted molar refractivity (Wildman–Crippen MR) is 56.6 cm³/mol. The topological polar surface area (TPSA) is 43.1 Å². The molecule has 0 spiro atoms. The van der Waals surface area contributed by atoms with Crippen molar-refractivity contribution in [3.8, 4) is 0 Å². The fourth-order valence-electron chi connectivity index (χ4n) is 0.750. The molecule has 0 fully saturated rings. The summed E-state index contributed by atoms with van der Waals surface area (Å²) >= 11 is 0. The third-order valence-electron chi connectivity index (χ3n) is 1.30. The van der Waals surface area contributed by atoms with Crippen molar-refractivity contribution in [2.75, 3.05) is 5.73 Å². The Hall–Kier alpha value is -1.31. The first-order valence-electron chi connectivity index (χ1n) is 4.52. The molecule has 0 aliphatic carbocycles. The van der Waals surface area contributed by atoms with Crippen LogP contribution >= 0.6 is 0 Å². The van der Waals surface area contributed by atoms with Gasteiger partial charge in [0.05, 0.1) is 0 Å². The Bertz CT molecular complexity index is 228. The van der Waals surface area contributed by atoms with Gasteiger partial charge in [-0.25, -0.2) is 0 Å². The molecule has 0 unspecified atom stereocenters. The van der Waals surface area contributed by atoms with E-state index >= 15 is 0 Å². The number of nitrogens with two attached hydrogens (primary N) is 1. The maximum absolute atomic E-state index is 10.0. The highest BCUT2D eigenvalue weighted by atomic mass is 16.1. The van der Waals surface area contributed by atoms with Crippen LogP contribution in [-0.2, 0) is 11.2 Å². The van der Waals surface area contributed by atoms with E-state index in [0.29, 0.717) is 6.42 Å². The highest BCUT2D eigenvalue weighted by Crippen LogP contribution is 2.04. The average molecular weight is 179 g/mol. The minimum Gasteiger partial charge on any atom is -0.399 e. The van der Waals surface area contributed by atoms with Gasteiger partial charge in [-0.05, 0) is 17.7 Å². The zero-order chi connectivity index (χ0) is 10.1. The van der Waals surface area contributed by atoms with E-state index in [9.17, 15) is 4.79 Å². The highest BCUT2D eigenvalue weighted by molar-refractivity contribution is 5.55. The summed E-state index contributed by atoms with van der Waals surface area (Å²) in [6, 6.07) is 7.28. The molecule has 0 amide bonds. The molecule has 0 atom stereocenters. The molecule has 1 aromatic carbocycles. The van der Waals surface area contributed by atoms with Crippen molar-refractivity contribution >= 4 is 12.0 Å². The van der Waals surface area contributed by atoms with Crippen molar-refractivity contribution < 1.29 is 4.79 Å². The molecule has 1 rings (SSSR count). The summed E-state index contributed by atoms with van der Waals surface area (Å²) in [5.41, 5.74) is 7.17. The van der Waals surface area contributed by atoms with E-state index in [0.717, 1.165) is 17.5 Å². The standard InChI is InChI=1S/C8H9NO.C3H8/c9-8-3-1-7(2-4-8)5-6-10;1-3-2/h1-4,6H,5,9H2;3H2,1-2H3. The van der Waals surface area contributed by atoms with Gasteiger partial charge in [0, 0.05) is 12.1 Å². The van der Waals surface area contributed by atoms with Crippen LogP contribution in [0.1, 0.15) is 25.8 Å². The Kier molecular flexibility index (Phi) is 6.60. The third kappa shape index (κ3) is 5.91. The lowest BCUT2D eigenvalue weighted by Crippen LogP contribution is -1.87. The molecule has 0 bridgehead atoms. The molecule has 72 valence electrons. The Labute approximate surface area is 79.8 Å². The molecule has 2 nitrogen and oxygen atoms in total. The SMILES string of the molecule is CCC.Nc1ccc(CC=O)cc1. The number of rotatable bonds is 2. The Morgan fingerprint density at radius 2 is 1.69 bits per heavy atom. The Morgan fingerprint density at radius 1 is 1.23 bits per heavy atom. The maximum Gasteiger partial charge on any atom is 0.124 e. The molecule has 0 heterocycles. The van der Waals surface area contributed by atoms with Gasteiger partial charge in [-0.15, -0.1) is 0 Å². The third-order valence-corrected chi connectivity index (χ3v) is 1.30. The lowest BCUT2D eigenvalue weighted by atomic mass is 10.1. The van der Waals surface area contributed by atoms with E-state index in [2.05, 4.69) is 13.8 Å². The number of nitrogen functional groups attached to an aromatic ring is 1. The summed E-state index contributed by atoms with van der Waals surface area (Å²) in [5.74, 6) is 0. The molecular weight excluding hydrogens is 162 g/mol. The van der Waals surface area contributed by atoms with Crippen LogP contribution in [0.5, 0.6) is 0 Å². The van der Waals surface area contributed by atoms with Crippen LogP contribution in [-0.4, -0.2) is 6.29 Å². The van der Waals surface area contributed by atoms with Crippen molar-refractivity contribution in [1.29, 1.82) is 0 Å². The summed E-state index contributed by atoms with van der Waals surface area (Å²) in [4.78, 5) is 10.0. The molecule has 0 aromatic heterocycles. The van der Waals surface area contributed by atoms with E-state index in [1.165, 1.54) is 6.42 Å². The molecular formula is C11H17NO. The van der Waals surface area contributed by atoms with Gasteiger partial charge in [-0.1, -0.05) is 32.4 Å². The molecule has 2 heteroatoms. The molecule has 0 aliphatic rings. The van der Waals surface area contributed by atoms with Crippen LogP contribution in [0, 0.1) is 0 Å². The lowest BCUT2D eigenvalue weighted by Gasteiger charge is -1.94. The normalized spacial score (nSPS) is 8.46. The molecule has 0 radical (unpaired) electrons. The van der Waals surface area contributed by atoms with Crippen molar-refractivity contribution in [3.63, 3.8) is 0 Å². The van der Waals surface area contributed by atoms with Gasteiger partial charge in [-0.2, -0.15) is 0 Å². The van der Waals surface area contributed by atoms with Crippen LogP contribution in [0.2, 0.25) is 0 Å². The minimum atomic E-state index is 0.472. The van der Waals surface area contributed by atoms with Crippen LogP contribution in [0.15, 0.2) is 24.3 Å². The fourth-order valence-corrected chi connectivity index (χ4v) is 0.750. The van der Waals surface area contributed by atoms with Crippen molar-refractivity contribution in [2.24, 2.45) is 0 Å². The smallest absolute Gasteiger partial charge is 0.124 e. The van der Waals surface area contributed by atoms with Crippen molar-refractivity contribution in [1.82, 2.24) is 0 Å². The number of carbonyl (C=O) groups is 1. The summed E-state index contributed by atoms with van der Waals surface area (Å²) in [7, 11) is 0. The summed E-state index contributed by atoms with van der Waals surface area (Å²) in [6.45, 7) is 4.25. The number of benzene rings is 1. The molecule has 0 aliphatic heterocycles. The van der Waals surface area contributed by atoms with Gasteiger partial charge in [-0.3, -0.25) is 0 Å². The highest BCUT2D eigenvalue weighted by Gasteiger charge is 1.88. The Morgan fingerprint density at radius 3 is 2.08 bits per heavy atom.